The first-order chi connectivity index (χ1) is 13.0. The molecule has 0 saturated heterocycles. The van der Waals surface area contributed by atoms with E-state index < -0.39 is 20.3 Å². The molecule has 0 heterocycles. The molecule has 0 bridgehead atoms. The van der Waals surface area contributed by atoms with Gasteiger partial charge in [-0.1, -0.05) is 91.0 Å². The molecule has 1 aromatic rings. The van der Waals surface area contributed by atoms with Gasteiger partial charge in [-0.15, -0.1) is 0 Å². The predicted molar refractivity (Wildman–Crippen MR) is 122 cm³/mol. The Morgan fingerprint density at radius 3 is 1.93 bits per heavy atom. The Morgan fingerprint density at radius 2 is 1.46 bits per heavy atom. The summed E-state index contributed by atoms with van der Waals surface area (Å²) in [6, 6.07) is 9.80. The van der Waals surface area contributed by atoms with Gasteiger partial charge in [-0.25, -0.2) is 0 Å². The molecule has 0 amide bonds. The van der Waals surface area contributed by atoms with Crippen LogP contribution in [-0.2, 0) is 9.22 Å². The molecule has 4 heteroatoms. The van der Waals surface area contributed by atoms with Gasteiger partial charge >= 0.3 is 0 Å². The van der Waals surface area contributed by atoms with Gasteiger partial charge in [0.25, 0.3) is 0 Å². The lowest BCUT2D eigenvalue weighted by molar-refractivity contribution is -0.126. The summed E-state index contributed by atoms with van der Waals surface area (Å²) in [6.45, 7) is 17.3. The van der Waals surface area contributed by atoms with E-state index in [1.54, 1.807) is 13.0 Å². The number of ketones is 1. The number of aliphatic hydroxyl groups excluding tert-OH is 1. The van der Waals surface area contributed by atoms with Crippen LogP contribution in [0.4, 0.5) is 0 Å². The molecule has 0 aliphatic carbocycles. The van der Waals surface area contributed by atoms with Crippen LogP contribution >= 0.6 is 0 Å². The van der Waals surface area contributed by atoms with E-state index >= 15 is 0 Å². The summed E-state index contributed by atoms with van der Waals surface area (Å²) < 4.78 is 6.67. The molecule has 0 aliphatic rings. The average Bonchev–Trinajstić information content (AvgIpc) is 2.63. The smallest absolute Gasteiger partial charge is 0.200 e. The van der Waals surface area contributed by atoms with E-state index in [1.165, 1.54) is 0 Å². The highest BCUT2D eigenvalue weighted by molar-refractivity contribution is 6.77. The Balaban J connectivity index is 2.75. The van der Waals surface area contributed by atoms with Crippen molar-refractivity contribution in [2.24, 2.45) is 5.92 Å². The summed E-state index contributed by atoms with van der Waals surface area (Å²) >= 11 is 0. The van der Waals surface area contributed by atoms with Crippen LogP contribution in [-0.4, -0.2) is 31.4 Å². The quantitative estimate of drug-likeness (QED) is 0.444. The number of hydrogen-bond donors (Lipinski definition) is 1. The average molecular weight is 405 g/mol. The number of hydrogen-bond acceptors (Lipinski definition) is 3. The van der Waals surface area contributed by atoms with Crippen molar-refractivity contribution in [2.45, 2.75) is 90.6 Å². The highest BCUT2D eigenvalue weighted by Gasteiger charge is 2.46. The van der Waals surface area contributed by atoms with Crippen LogP contribution < -0.4 is 0 Å². The van der Waals surface area contributed by atoms with Gasteiger partial charge in [0.2, 0.25) is 8.32 Å². The van der Waals surface area contributed by atoms with Crippen molar-refractivity contribution in [3.63, 3.8) is 0 Å². The summed E-state index contributed by atoms with van der Waals surface area (Å²) in [6.07, 6.45) is 3.00. The molecule has 0 unspecified atom stereocenters. The summed E-state index contributed by atoms with van der Waals surface area (Å²) in [4.78, 5) is 12.7. The Morgan fingerprint density at radius 1 is 0.964 bits per heavy atom. The van der Waals surface area contributed by atoms with Crippen molar-refractivity contribution in [3.8, 4) is 0 Å². The zero-order valence-corrected chi connectivity index (χ0v) is 20.0. The second kappa shape index (κ2) is 11.1. The Bertz CT molecular complexity index is 600. The van der Waals surface area contributed by atoms with E-state index in [0.29, 0.717) is 23.0 Å². The number of carbonyl (C=O) groups is 1. The minimum Gasteiger partial charge on any atom is -0.413 e. The van der Waals surface area contributed by atoms with Crippen LogP contribution in [0, 0.1) is 5.92 Å². The molecule has 0 fully saturated rings. The second-order valence-electron chi connectivity index (χ2n) is 8.97. The molecular weight excluding hydrogens is 364 g/mol. The summed E-state index contributed by atoms with van der Waals surface area (Å²) in [7, 11) is -2.01. The molecule has 28 heavy (non-hydrogen) atoms. The number of rotatable bonds is 11. The van der Waals surface area contributed by atoms with E-state index in [0.717, 1.165) is 5.56 Å². The molecule has 3 nitrogen and oxygen atoms in total. The molecule has 158 valence electrons. The predicted octanol–water partition coefficient (Wildman–Crippen LogP) is 6.24. The van der Waals surface area contributed by atoms with E-state index in [9.17, 15) is 9.90 Å². The largest absolute Gasteiger partial charge is 0.413 e. The lowest BCUT2D eigenvalue weighted by Crippen LogP contribution is -2.50. The fraction of sp³-hybridized carbons (Fsp3) is 0.625. The molecule has 0 aliphatic heterocycles. The molecular formula is C24H40O3Si. The minimum atomic E-state index is -2.01. The first-order valence-corrected chi connectivity index (χ1v) is 12.8. The number of Topliss-reactive ketones (excluding diaryl/α,β-unsaturated/α-hetero) is 1. The van der Waals surface area contributed by atoms with E-state index in [-0.39, 0.29) is 11.9 Å². The summed E-state index contributed by atoms with van der Waals surface area (Å²) in [5.41, 5.74) is 2.48. The minimum absolute atomic E-state index is 0.0527. The van der Waals surface area contributed by atoms with Gasteiger partial charge in [0.05, 0.1) is 6.10 Å². The lowest BCUT2D eigenvalue weighted by atomic mass is 9.95. The van der Waals surface area contributed by atoms with Crippen LogP contribution in [0.25, 0.3) is 6.08 Å². The molecule has 3 atom stereocenters. The summed E-state index contributed by atoms with van der Waals surface area (Å²) in [5, 5.41) is 10.4. The van der Waals surface area contributed by atoms with E-state index in [1.807, 2.05) is 43.3 Å². The van der Waals surface area contributed by atoms with E-state index in [4.69, 9.17) is 4.43 Å². The van der Waals surface area contributed by atoms with Crippen molar-refractivity contribution in [1.82, 2.24) is 0 Å². The maximum Gasteiger partial charge on any atom is 0.200 e. The Hall–Kier alpha value is -1.23. The molecule has 0 aromatic heterocycles. The normalized spacial score (nSPS) is 16.1. The third kappa shape index (κ3) is 6.40. The van der Waals surface area contributed by atoms with Crippen LogP contribution in [0.15, 0.2) is 36.4 Å². The second-order valence-corrected chi connectivity index (χ2v) is 14.4. The third-order valence-corrected chi connectivity index (χ3v) is 12.1. The number of aliphatic hydroxyl groups is 1. The van der Waals surface area contributed by atoms with Gasteiger partial charge in [-0.2, -0.15) is 0 Å². The zero-order chi connectivity index (χ0) is 21.5. The van der Waals surface area contributed by atoms with Gasteiger partial charge in [0.1, 0.15) is 5.78 Å². The first kappa shape index (κ1) is 24.8. The third-order valence-electron chi connectivity index (χ3n) is 5.91. The maximum atomic E-state index is 12.7. The van der Waals surface area contributed by atoms with Gasteiger partial charge in [0.15, 0.2) is 0 Å². The van der Waals surface area contributed by atoms with Crippen molar-refractivity contribution in [2.75, 3.05) is 0 Å². The van der Waals surface area contributed by atoms with Crippen LogP contribution in [0.3, 0.4) is 0 Å². The van der Waals surface area contributed by atoms with Crippen molar-refractivity contribution in [3.05, 3.63) is 42.0 Å². The number of benzene rings is 1. The molecule has 1 N–H and O–H groups in total. The van der Waals surface area contributed by atoms with Gasteiger partial charge in [0, 0.05) is 18.4 Å². The Labute approximate surface area is 173 Å². The SMILES string of the molecule is CC(C)[Si](O[C@@H](C)CC(=O)[C@@H](C)[C@H](O)/C=C/c1ccccc1)(C(C)C)C(C)C. The van der Waals surface area contributed by atoms with E-state index in [2.05, 4.69) is 41.5 Å². The first-order valence-electron chi connectivity index (χ1n) is 10.6. The monoisotopic (exact) mass is 404 g/mol. The Kier molecular flexibility index (Phi) is 9.82. The van der Waals surface area contributed by atoms with Gasteiger partial charge in [-0.05, 0) is 29.1 Å². The lowest BCUT2D eigenvalue weighted by Gasteiger charge is -2.44. The van der Waals surface area contributed by atoms with Crippen LogP contribution in [0.5, 0.6) is 0 Å². The fourth-order valence-electron chi connectivity index (χ4n) is 4.40. The maximum absolute atomic E-state index is 12.7. The van der Waals surface area contributed by atoms with Crippen molar-refractivity contribution in [1.29, 1.82) is 0 Å². The highest BCUT2D eigenvalue weighted by Crippen LogP contribution is 2.43. The highest BCUT2D eigenvalue weighted by atomic mass is 28.4. The van der Waals surface area contributed by atoms with Gasteiger partial charge in [-0.3, -0.25) is 4.79 Å². The fourth-order valence-corrected chi connectivity index (χ4v) is 10.00. The number of carbonyl (C=O) groups excluding carboxylic acids is 1. The zero-order valence-electron chi connectivity index (χ0n) is 19.0. The molecule has 0 saturated carbocycles. The van der Waals surface area contributed by atoms with Gasteiger partial charge < -0.3 is 9.53 Å². The van der Waals surface area contributed by atoms with Crippen molar-refractivity contribution >= 4 is 20.2 Å². The van der Waals surface area contributed by atoms with Crippen LogP contribution in [0.2, 0.25) is 16.6 Å². The molecule has 1 aromatic carbocycles. The summed E-state index contributed by atoms with van der Waals surface area (Å²) in [5.74, 6) is -0.392. The standard InChI is InChI=1S/C24H40O3Si/c1-17(2)28(18(3)4,19(5)6)27-20(7)16-24(26)21(8)23(25)15-14-22-12-10-9-11-13-22/h9-15,17-21,23,25H,16H2,1-8H3/b15-14+/t20-,21-,23+/m0/s1. The van der Waals surface area contributed by atoms with Crippen LogP contribution in [0.1, 0.15) is 67.4 Å². The molecule has 1 rings (SSSR count). The van der Waals surface area contributed by atoms with Crippen molar-refractivity contribution < 1.29 is 14.3 Å². The topological polar surface area (TPSA) is 46.5 Å². The molecule has 0 spiro atoms. The molecule has 0 radical (unpaired) electrons.